The fraction of sp³-hybridized carbons (Fsp3) is 0.833. The Labute approximate surface area is 59.6 Å². The zero-order valence-corrected chi connectivity index (χ0v) is 5.95. The first-order valence-electron chi connectivity index (χ1n) is 3.36. The zero-order chi connectivity index (χ0) is 7.72. The molecule has 0 aliphatic carbocycles. The molecule has 3 N–H and O–H groups in total. The lowest BCUT2D eigenvalue weighted by atomic mass is 10.2. The molecule has 0 radical (unpaired) electrons. The van der Waals surface area contributed by atoms with E-state index in [0.717, 1.165) is 6.42 Å². The third kappa shape index (κ3) is 1.21. The maximum atomic E-state index is 10.4. The van der Waals surface area contributed by atoms with E-state index >= 15 is 0 Å². The summed E-state index contributed by atoms with van der Waals surface area (Å²) < 4.78 is 0. The van der Waals surface area contributed by atoms with Crippen molar-refractivity contribution in [3.8, 4) is 0 Å². The van der Waals surface area contributed by atoms with Crippen LogP contribution < -0.4 is 5.73 Å². The van der Waals surface area contributed by atoms with Crippen molar-refractivity contribution in [1.82, 2.24) is 4.90 Å². The van der Waals surface area contributed by atoms with E-state index in [1.54, 1.807) is 0 Å². The molecular weight excluding hydrogens is 132 g/mol. The van der Waals surface area contributed by atoms with Gasteiger partial charge in [0, 0.05) is 18.6 Å². The van der Waals surface area contributed by atoms with Crippen molar-refractivity contribution in [2.75, 3.05) is 6.54 Å². The highest BCUT2D eigenvalue weighted by Crippen LogP contribution is 2.14. The van der Waals surface area contributed by atoms with E-state index in [-0.39, 0.29) is 12.1 Å². The zero-order valence-electron chi connectivity index (χ0n) is 5.95. The first kappa shape index (κ1) is 7.34. The molecule has 0 bridgehead atoms. The van der Waals surface area contributed by atoms with Gasteiger partial charge in [0.1, 0.15) is 0 Å². The molecule has 4 nitrogen and oxygen atoms in total. The van der Waals surface area contributed by atoms with Crippen LogP contribution in [0.2, 0.25) is 0 Å². The lowest BCUT2D eigenvalue weighted by Gasteiger charge is -2.15. The third-order valence-corrected chi connectivity index (χ3v) is 1.85. The van der Waals surface area contributed by atoms with Crippen molar-refractivity contribution in [2.45, 2.75) is 25.4 Å². The normalized spacial score (nSPS) is 32.8. The van der Waals surface area contributed by atoms with Crippen molar-refractivity contribution in [2.24, 2.45) is 5.73 Å². The van der Waals surface area contributed by atoms with E-state index < -0.39 is 6.09 Å². The molecule has 2 unspecified atom stereocenters. The summed E-state index contributed by atoms with van der Waals surface area (Å²) in [5.41, 5.74) is 5.55. The van der Waals surface area contributed by atoms with Crippen LogP contribution in [0.15, 0.2) is 0 Å². The minimum absolute atomic E-state index is 0.0334. The van der Waals surface area contributed by atoms with Gasteiger partial charge in [0.15, 0.2) is 0 Å². The second-order valence-corrected chi connectivity index (χ2v) is 2.78. The summed E-state index contributed by atoms with van der Waals surface area (Å²) in [6.07, 6.45) is -0.0767. The molecule has 1 amide bonds. The van der Waals surface area contributed by atoms with Crippen molar-refractivity contribution in [1.29, 1.82) is 0 Å². The number of hydrogen-bond acceptors (Lipinski definition) is 2. The highest BCUT2D eigenvalue weighted by Gasteiger charge is 2.29. The van der Waals surface area contributed by atoms with Crippen molar-refractivity contribution < 1.29 is 9.90 Å². The lowest BCUT2D eigenvalue weighted by molar-refractivity contribution is 0.143. The monoisotopic (exact) mass is 144 g/mol. The van der Waals surface area contributed by atoms with Gasteiger partial charge in [-0.1, -0.05) is 0 Å². The quantitative estimate of drug-likeness (QED) is 0.506. The highest BCUT2D eigenvalue weighted by molar-refractivity contribution is 5.65. The number of likely N-dealkylation sites (tertiary alicyclic amines) is 1. The predicted octanol–water partition coefficient (Wildman–Crippen LogP) is 0.0859. The number of carbonyl (C=O) groups is 1. The maximum absolute atomic E-state index is 10.4. The molecule has 58 valence electrons. The van der Waals surface area contributed by atoms with Gasteiger partial charge in [-0.2, -0.15) is 0 Å². The number of nitrogens with two attached hydrogens (primary N) is 1. The largest absolute Gasteiger partial charge is 0.465 e. The van der Waals surface area contributed by atoms with Crippen LogP contribution in [0.3, 0.4) is 0 Å². The van der Waals surface area contributed by atoms with Crippen LogP contribution in [0.25, 0.3) is 0 Å². The topological polar surface area (TPSA) is 66.6 Å². The van der Waals surface area contributed by atoms with E-state index in [1.807, 2.05) is 6.92 Å². The Morgan fingerprint density at radius 2 is 2.40 bits per heavy atom. The van der Waals surface area contributed by atoms with Crippen LogP contribution in [0.5, 0.6) is 0 Å². The Balaban J connectivity index is 2.54. The summed E-state index contributed by atoms with van der Waals surface area (Å²) in [5.74, 6) is 0. The molecule has 0 aromatic carbocycles. The van der Waals surface area contributed by atoms with Gasteiger partial charge in [-0.3, -0.25) is 0 Å². The van der Waals surface area contributed by atoms with Crippen LogP contribution in [0, 0.1) is 0 Å². The van der Waals surface area contributed by atoms with Crippen LogP contribution in [-0.2, 0) is 0 Å². The predicted molar refractivity (Wildman–Crippen MR) is 36.8 cm³/mol. The molecule has 1 saturated heterocycles. The number of carboxylic acid groups (broad SMARTS) is 1. The molecule has 0 aromatic rings. The number of rotatable bonds is 0. The van der Waals surface area contributed by atoms with Crippen molar-refractivity contribution in [3.05, 3.63) is 0 Å². The van der Waals surface area contributed by atoms with Crippen LogP contribution >= 0.6 is 0 Å². The third-order valence-electron chi connectivity index (χ3n) is 1.85. The molecule has 1 fully saturated rings. The highest BCUT2D eigenvalue weighted by atomic mass is 16.4. The van der Waals surface area contributed by atoms with Gasteiger partial charge in [0.05, 0.1) is 0 Å². The molecular formula is C6H12N2O2. The average Bonchev–Trinajstić information content (AvgIpc) is 2.10. The van der Waals surface area contributed by atoms with Gasteiger partial charge in [-0.05, 0) is 13.3 Å². The van der Waals surface area contributed by atoms with Crippen LogP contribution in [-0.4, -0.2) is 34.7 Å². The summed E-state index contributed by atoms with van der Waals surface area (Å²) in [4.78, 5) is 11.8. The Bertz CT molecular complexity index is 149. The van der Waals surface area contributed by atoms with E-state index in [4.69, 9.17) is 10.8 Å². The first-order valence-corrected chi connectivity index (χ1v) is 3.36. The van der Waals surface area contributed by atoms with E-state index in [2.05, 4.69) is 0 Å². The molecule has 1 heterocycles. The molecule has 1 rings (SSSR count). The Morgan fingerprint density at radius 3 is 2.60 bits per heavy atom. The standard InChI is InChI=1S/C6H12N2O2/c1-4-2-5(7)3-8(4)6(9)10/h4-5H,2-3,7H2,1H3,(H,9,10). The summed E-state index contributed by atoms with van der Waals surface area (Å²) in [6, 6.07) is 0.124. The van der Waals surface area contributed by atoms with Gasteiger partial charge in [-0.15, -0.1) is 0 Å². The smallest absolute Gasteiger partial charge is 0.407 e. The van der Waals surface area contributed by atoms with Crippen molar-refractivity contribution >= 4 is 6.09 Å². The Hall–Kier alpha value is -0.770. The summed E-state index contributed by atoms with van der Waals surface area (Å²) in [6.45, 7) is 2.36. The second kappa shape index (κ2) is 2.46. The summed E-state index contributed by atoms with van der Waals surface area (Å²) in [7, 11) is 0. The van der Waals surface area contributed by atoms with Gasteiger partial charge < -0.3 is 15.7 Å². The van der Waals surface area contributed by atoms with E-state index in [0.29, 0.717) is 6.54 Å². The number of nitrogens with zero attached hydrogens (tertiary/aromatic N) is 1. The fourth-order valence-corrected chi connectivity index (χ4v) is 1.34. The second-order valence-electron chi connectivity index (χ2n) is 2.78. The minimum atomic E-state index is -0.861. The SMILES string of the molecule is CC1CC(N)CN1C(=O)O. The fourth-order valence-electron chi connectivity index (χ4n) is 1.34. The van der Waals surface area contributed by atoms with Crippen LogP contribution in [0.4, 0.5) is 4.79 Å². The molecule has 10 heavy (non-hydrogen) atoms. The lowest BCUT2D eigenvalue weighted by Crippen LogP contribution is -2.33. The number of hydrogen-bond donors (Lipinski definition) is 2. The Kier molecular flexibility index (Phi) is 1.80. The number of amides is 1. The van der Waals surface area contributed by atoms with E-state index in [9.17, 15) is 4.79 Å². The molecule has 4 heteroatoms. The molecule has 0 spiro atoms. The molecule has 1 aliphatic rings. The van der Waals surface area contributed by atoms with Crippen molar-refractivity contribution in [3.63, 3.8) is 0 Å². The first-order chi connectivity index (χ1) is 4.61. The Morgan fingerprint density at radius 1 is 1.80 bits per heavy atom. The van der Waals surface area contributed by atoms with Gasteiger partial charge in [0.25, 0.3) is 0 Å². The summed E-state index contributed by atoms with van der Waals surface area (Å²) >= 11 is 0. The maximum Gasteiger partial charge on any atom is 0.407 e. The van der Waals surface area contributed by atoms with Crippen LogP contribution in [0.1, 0.15) is 13.3 Å². The molecule has 2 atom stereocenters. The molecule has 0 saturated carbocycles. The van der Waals surface area contributed by atoms with Gasteiger partial charge >= 0.3 is 6.09 Å². The summed E-state index contributed by atoms with van der Waals surface area (Å²) in [5, 5.41) is 8.57. The average molecular weight is 144 g/mol. The minimum Gasteiger partial charge on any atom is -0.465 e. The van der Waals surface area contributed by atoms with E-state index in [1.165, 1.54) is 4.90 Å². The molecule has 1 aliphatic heterocycles. The molecule has 0 aromatic heterocycles. The van der Waals surface area contributed by atoms with Gasteiger partial charge in [-0.25, -0.2) is 4.79 Å². The van der Waals surface area contributed by atoms with Gasteiger partial charge in [0.2, 0.25) is 0 Å².